The Labute approximate surface area is 118 Å². The molecule has 0 aliphatic carbocycles. The van der Waals surface area contributed by atoms with Crippen LogP contribution in [0.5, 0.6) is 0 Å². The minimum absolute atomic E-state index is 0.806. The fourth-order valence-electron chi connectivity index (χ4n) is 1.66. The van der Waals surface area contributed by atoms with Crippen LogP contribution in [-0.4, -0.2) is 36.7 Å². The zero-order chi connectivity index (χ0) is 13.4. The second-order valence-electron chi connectivity index (χ2n) is 3.83. The zero-order valence-corrected chi connectivity index (χ0v) is 13.6. The molecule has 0 atom stereocenters. The van der Waals surface area contributed by atoms with E-state index in [1.807, 2.05) is 24.3 Å². The maximum Gasteiger partial charge on any atom is 0.500 e. The van der Waals surface area contributed by atoms with Gasteiger partial charge in [0.05, 0.1) is 0 Å². The number of rotatable bonds is 8. The van der Waals surface area contributed by atoms with Gasteiger partial charge in [0, 0.05) is 44.1 Å². The van der Waals surface area contributed by atoms with Gasteiger partial charge < -0.3 is 18.6 Å². The largest absolute Gasteiger partial charge is 0.500 e. The molecule has 18 heavy (non-hydrogen) atoms. The van der Waals surface area contributed by atoms with E-state index in [4.69, 9.17) is 13.3 Å². The number of nitrogens with one attached hydrogen (secondary N) is 1. The summed E-state index contributed by atoms with van der Waals surface area (Å²) in [5, 5.41) is 3.35. The molecule has 0 aromatic heterocycles. The van der Waals surface area contributed by atoms with Crippen LogP contribution in [0.25, 0.3) is 0 Å². The Morgan fingerprint density at radius 2 is 1.61 bits per heavy atom. The molecule has 0 fully saturated rings. The molecule has 1 rings (SSSR count). The number of hydrogen-bond acceptors (Lipinski definition) is 4. The molecule has 102 valence electrons. The van der Waals surface area contributed by atoms with Crippen molar-refractivity contribution in [3.63, 3.8) is 0 Å². The lowest BCUT2D eigenvalue weighted by Crippen LogP contribution is -2.42. The average molecular weight is 334 g/mol. The lowest BCUT2D eigenvalue weighted by atomic mass is 10.3. The second kappa shape index (κ2) is 7.91. The predicted octanol–water partition coefficient (Wildman–Crippen LogP) is 3.13. The molecule has 0 aliphatic heterocycles. The quantitative estimate of drug-likeness (QED) is 0.586. The molecular weight excluding hydrogens is 314 g/mol. The summed E-state index contributed by atoms with van der Waals surface area (Å²) in [4.78, 5) is 0. The average Bonchev–Trinajstić information content (AvgIpc) is 2.42. The van der Waals surface area contributed by atoms with Crippen molar-refractivity contribution in [2.75, 3.05) is 33.2 Å². The Morgan fingerprint density at radius 3 is 2.11 bits per heavy atom. The Balaban J connectivity index is 2.31. The smallest absolute Gasteiger partial charge is 0.385 e. The highest BCUT2D eigenvalue weighted by Gasteiger charge is 2.36. The Bertz CT molecular complexity index is 335. The molecule has 0 heterocycles. The molecule has 1 aromatic rings. The van der Waals surface area contributed by atoms with Crippen molar-refractivity contribution < 1.29 is 13.3 Å². The molecule has 0 bridgehead atoms. The van der Waals surface area contributed by atoms with Gasteiger partial charge in [-0.05, 0) is 30.7 Å². The van der Waals surface area contributed by atoms with Crippen LogP contribution in [0.15, 0.2) is 28.7 Å². The van der Waals surface area contributed by atoms with Crippen LogP contribution in [0.2, 0.25) is 6.04 Å². The van der Waals surface area contributed by atoms with Crippen LogP contribution in [0.3, 0.4) is 0 Å². The number of hydrogen-bond donors (Lipinski definition) is 1. The van der Waals surface area contributed by atoms with Gasteiger partial charge in [-0.1, -0.05) is 15.9 Å². The van der Waals surface area contributed by atoms with E-state index in [0.717, 1.165) is 29.2 Å². The molecule has 0 saturated heterocycles. The second-order valence-corrected chi connectivity index (χ2v) is 7.84. The van der Waals surface area contributed by atoms with E-state index in [1.165, 1.54) is 0 Å². The number of anilines is 1. The van der Waals surface area contributed by atoms with E-state index in [-0.39, 0.29) is 0 Å². The van der Waals surface area contributed by atoms with E-state index < -0.39 is 8.80 Å². The monoisotopic (exact) mass is 333 g/mol. The minimum Gasteiger partial charge on any atom is -0.385 e. The minimum atomic E-state index is -2.41. The van der Waals surface area contributed by atoms with Crippen LogP contribution in [0, 0.1) is 0 Å². The van der Waals surface area contributed by atoms with Crippen molar-refractivity contribution in [2.24, 2.45) is 0 Å². The van der Waals surface area contributed by atoms with Gasteiger partial charge >= 0.3 is 8.80 Å². The van der Waals surface area contributed by atoms with Crippen LogP contribution in [0.1, 0.15) is 6.42 Å². The maximum absolute atomic E-state index is 5.36. The Kier molecular flexibility index (Phi) is 6.88. The van der Waals surface area contributed by atoms with E-state index in [2.05, 4.69) is 21.2 Å². The highest BCUT2D eigenvalue weighted by Crippen LogP contribution is 2.17. The summed E-state index contributed by atoms with van der Waals surface area (Å²) in [6, 6.07) is 8.91. The fourth-order valence-corrected chi connectivity index (χ4v) is 3.65. The highest BCUT2D eigenvalue weighted by atomic mass is 79.9. The lowest BCUT2D eigenvalue weighted by molar-refractivity contribution is 0.123. The van der Waals surface area contributed by atoms with E-state index in [1.54, 1.807) is 21.3 Å². The summed E-state index contributed by atoms with van der Waals surface area (Å²) in [7, 11) is 2.51. The maximum atomic E-state index is 5.36. The third-order valence-corrected chi connectivity index (χ3v) is 6.13. The SMILES string of the molecule is CO[Si](CCCNc1ccc(Br)cc1)(OC)OC. The third kappa shape index (κ3) is 4.70. The van der Waals surface area contributed by atoms with Gasteiger partial charge in [-0.15, -0.1) is 0 Å². The van der Waals surface area contributed by atoms with Gasteiger partial charge in [-0.25, -0.2) is 0 Å². The highest BCUT2D eigenvalue weighted by molar-refractivity contribution is 9.10. The molecule has 6 heteroatoms. The molecule has 0 spiro atoms. The van der Waals surface area contributed by atoms with Crippen LogP contribution in [0.4, 0.5) is 5.69 Å². The molecule has 1 N–H and O–H groups in total. The summed E-state index contributed by atoms with van der Waals surface area (Å²) in [6.45, 7) is 0.868. The van der Waals surface area contributed by atoms with E-state index >= 15 is 0 Å². The predicted molar refractivity (Wildman–Crippen MR) is 78.8 cm³/mol. The summed E-state index contributed by atoms with van der Waals surface area (Å²) in [5.74, 6) is 0. The molecule has 0 amide bonds. The first-order valence-electron chi connectivity index (χ1n) is 5.80. The lowest BCUT2D eigenvalue weighted by Gasteiger charge is -2.24. The molecule has 0 radical (unpaired) electrons. The Hall–Kier alpha value is -0.403. The summed E-state index contributed by atoms with van der Waals surface area (Å²) >= 11 is 3.41. The van der Waals surface area contributed by atoms with Crippen LogP contribution in [-0.2, 0) is 13.3 Å². The standard InChI is InChI=1S/C12H20BrNO3Si/c1-15-18(16-2,17-3)10-4-9-14-12-7-5-11(13)6-8-12/h5-8,14H,4,9-10H2,1-3H3. The summed E-state index contributed by atoms with van der Waals surface area (Å²) in [5.41, 5.74) is 1.11. The van der Waals surface area contributed by atoms with Crippen LogP contribution < -0.4 is 5.32 Å². The van der Waals surface area contributed by atoms with Gasteiger partial charge in [-0.2, -0.15) is 0 Å². The number of benzene rings is 1. The van der Waals surface area contributed by atoms with Crippen molar-refractivity contribution in [2.45, 2.75) is 12.5 Å². The normalized spacial score (nSPS) is 11.6. The van der Waals surface area contributed by atoms with Gasteiger partial charge in [0.1, 0.15) is 0 Å². The van der Waals surface area contributed by atoms with Gasteiger partial charge in [0.25, 0.3) is 0 Å². The first-order chi connectivity index (χ1) is 8.65. The van der Waals surface area contributed by atoms with E-state index in [9.17, 15) is 0 Å². The topological polar surface area (TPSA) is 39.7 Å². The first-order valence-corrected chi connectivity index (χ1v) is 8.53. The van der Waals surface area contributed by atoms with Crippen molar-refractivity contribution in [1.29, 1.82) is 0 Å². The first kappa shape index (κ1) is 15.7. The number of halogens is 1. The summed E-state index contributed by atoms with van der Waals surface area (Å²) < 4.78 is 17.2. The van der Waals surface area contributed by atoms with Gasteiger partial charge in [-0.3, -0.25) is 0 Å². The van der Waals surface area contributed by atoms with E-state index in [0.29, 0.717) is 0 Å². The molecule has 0 aliphatic rings. The van der Waals surface area contributed by atoms with Crippen molar-refractivity contribution in [3.8, 4) is 0 Å². The van der Waals surface area contributed by atoms with Crippen molar-refractivity contribution >= 4 is 30.4 Å². The van der Waals surface area contributed by atoms with Crippen LogP contribution >= 0.6 is 15.9 Å². The van der Waals surface area contributed by atoms with Gasteiger partial charge in [0.2, 0.25) is 0 Å². The van der Waals surface area contributed by atoms with Gasteiger partial charge in [0.15, 0.2) is 0 Å². The summed E-state index contributed by atoms with van der Waals surface area (Å²) in [6.07, 6.45) is 0.942. The fraction of sp³-hybridized carbons (Fsp3) is 0.500. The van der Waals surface area contributed by atoms with Crippen molar-refractivity contribution in [3.05, 3.63) is 28.7 Å². The molecule has 0 unspecified atom stereocenters. The molecule has 0 saturated carbocycles. The Morgan fingerprint density at radius 1 is 1.06 bits per heavy atom. The molecule has 1 aromatic carbocycles. The zero-order valence-electron chi connectivity index (χ0n) is 11.0. The van der Waals surface area contributed by atoms with Crippen molar-refractivity contribution in [1.82, 2.24) is 0 Å². The molecular formula is C12H20BrNO3Si. The third-order valence-electron chi connectivity index (χ3n) is 2.77. The molecule has 4 nitrogen and oxygen atoms in total.